The summed E-state index contributed by atoms with van der Waals surface area (Å²) >= 11 is 0. The number of hydrogen-bond donors (Lipinski definition) is 1. The maximum atomic E-state index is 11.7. The lowest BCUT2D eigenvalue weighted by atomic mass is 10.2. The van der Waals surface area contributed by atoms with E-state index >= 15 is 0 Å². The van der Waals surface area contributed by atoms with Crippen LogP contribution in [0.2, 0.25) is 0 Å². The number of rotatable bonds is 1. The molecule has 0 aliphatic rings. The van der Waals surface area contributed by atoms with Gasteiger partial charge in [-0.15, -0.1) is 0 Å². The molecule has 5 nitrogen and oxygen atoms in total. The summed E-state index contributed by atoms with van der Waals surface area (Å²) in [5, 5.41) is 3.16. The Morgan fingerprint density at radius 3 is 2.67 bits per heavy atom. The fourth-order valence-corrected chi connectivity index (χ4v) is 1.47. The fourth-order valence-electron chi connectivity index (χ4n) is 1.47. The highest BCUT2D eigenvalue weighted by molar-refractivity contribution is 5.81. The number of nitrogens with zero attached hydrogens (tertiary/aromatic N) is 1. The largest absolute Gasteiger partial charge is 0.497 e. The third-order valence-electron chi connectivity index (χ3n) is 2.28. The summed E-state index contributed by atoms with van der Waals surface area (Å²) in [5.74, 6) is 0.560. The van der Waals surface area contributed by atoms with Crippen LogP contribution in [0.3, 0.4) is 0 Å². The van der Waals surface area contributed by atoms with Gasteiger partial charge in [0.05, 0.1) is 17.9 Å². The van der Waals surface area contributed by atoms with Gasteiger partial charge in [0.25, 0.3) is 11.1 Å². The minimum Gasteiger partial charge on any atom is -0.497 e. The number of aromatic nitrogens is 2. The summed E-state index contributed by atoms with van der Waals surface area (Å²) in [5.41, 5.74) is -0.529. The summed E-state index contributed by atoms with van der Waals surface area (Å²) in [6, 6.07) is 4.79. The van der Waals surface area contributed by atoms with Gasteiger partial charge in [-0.3, -0.25) is 19.4 Å². The molecule has 0 amide bonds. The van der Waals surface area contributed by atoms with Crippen molar-refractivity contribution < 1.29 is 4.74 Å². The van der Waals surface area contributed by atoms with Crippen molar-refractivity contribution in [1.29, 1.82) is 0 Å². The molecule has 5 heteroatoms. The summed E-state index contributed by atoms with van der Waals surface area (Å²) in [6.45, 7) is 0. The van der Waals surface area contributed by atoms with E-state index in [9.17, 15) is 9.59 Å². The molecule has 78 valence electrons. The number of aromatic amines is 1. The monoisotopic (exact) mass is 206 g/mol. The molecule has 1 aromatic heterocycles. The average Bonchev–Trinajstić information content (AvgIpc) is 2.25. The smallest absolute Gasteiger partial charge is 0.272 e. The molecule has 0 spiro atoms. The predicted octanol–water partition coefficient (Wildman–Crippen LogP) is 0.235. The van der Waals surface area contributed by atoms with Crippen molar-refractivity contribution in [2.75, 3.05) is 7.11 Å². The second-order valence-electron chi connectivity index (χ2n) is 3.22. The number of fused-ring (bicyclic) bond motifs is 1. The van der Waals surface area contributed by atoms with Gasteiger partial charge in [-0.25, -0.2) is 0 Å². The van der Waals surface area contributed by atoms with Crippen LogP contribution in [-0.2, 0) is 7.05 Å². The van der Waals surface area contributed by atoms with E-state index in [1.54, 1.807) is 18.2 Å². The first-order valence-corrected chi connectivity index (χ1v) is 4.40. The molecule has 2 rings (SSSR count). The molecule has 0 saturated carbocycles. The fraction of sp³-hybridized carbons (Fsp3) is 0.200. The van der Waals surface area contributed by atoms with Crippen molar-refractivity contribution in [1.82, 2.24) is 9.78 Å². The van der Waals surface area contributed by atoms with Crippen LogP contribution in [0.25, 0.3) is 10.8 Å². The van der Waals surface area contributed by atoms with Crippen LogP contribution >= 0.6 is 0 Å². The van der Waals surface area contributed by atoms with E-state index in [2.05, 4.69) is 5.10 Å². The number of benzene rings is 1. The number of hydrogen-bond acceptors (Lipinski definition) is 3. The molecule has 0 unspecified atom stereocenters. The summed E-state index contributed by atoms with van der Waals surface area (Å²) < 4.78 is 6.15. The van der Waals surface area contributed by atoms with Crippen LogP contribution < -0.4 is 15.9 Å². The molecule has 15 heavy (non-hydrogen) atoms. The lowest BCUT2D eigenvalue weighted by molar-refractivity contribution is 0.415. The Hall–Kier alpha value is -2.04. The Balaban J connectivity index is 2.98. The van der Waals surface area contributed by atoms with E-state index in [1.165, 1.54) is 14.2 Å². The normalized spacial score (nSPS) is 10.5. The van der Waals surface area contributed by atoms with Gasteiger partial charge in [0.1, 0.15) is 5.75 Å². The van der Waals surface area contributed by atoms with Gasteiger partial charge in [-0.2, -0.15) is 0 Å². The number of aryl methyl sites for hydroxylation is 1. The lowest BCUT2D eigenvalue weighted by Gasteiger charge is -2.03. The molecular formula is C10H10N2O3. The molecule has 1 heterocycles. The van der Waals surface area contributed by atoms with Crippen molar-refractivity contribution in [3.05, 3.63) is 38.9 Å². The Morgan fingerprint density at radius 1 is 1.27 bits per heavy atom. The van der Waals surface area contributed by atoms with Gasteiger partial charge in [0, 0.05) is 7.05 Å². The Labute approximate surface area is 84.9 Å². The first kappa shape index (κ1) is 9.51. The van der Waals surface area contributed by atoms with Crippen LogP contribution in [0.5, 0.6) is 5.75 Å². The molecule has 1 aromatic carbocycles. The standard InChI is InChI=1S/C10H10N2O3/c1-12-10(14)8-5-6(15-2)3-4-7(8)9(13)11-12/h3-5H,1-2H3,(H,11,13). The first-order chi connectivity index (χ1) is 7.13. The van der Waals surface area contributed by atoms with E-state index in [-0.39, 0.29) is 11.1 Å². The van der Waals surface area contributed by atoms with Gasteiger partial charge in [0.15, 0.2) is 0 Å². The summed E-state index contributed by atoms with van der Waals surface area (Å²) in [6.07, 6.45) is 0. The lowest BCUT2D eigenvalue weighted by Crippen LogP contribution is -2.27. The van der Waals surface area contributed by atoms with Crippen LogP contribution in [0.4, 0.5) is 0 Å². The topological polar surface area (TPSA) is 64.1 Å². The van der Waals surface area contributed by atoms with E-state index in [0.29, 0.717) is 16.5 Å². The minimum atomic E-state index is -0.283. The molecule has 1 N–H and O–H groups in total. The maximum absolute atomic E-state index is 11.7. The first-order valence-electron chi connectivity index (χ1n) is 4.40. The zero-order chi connectivity index (χ0) is 11.0. The quantitative estimate of drug-likeness (QED) is 0.726. The van der Waals surface area contributed by atoms with Gasteiger partial charge in [0.2, 0.25) is 0 Å². The van der Waals surface area contributed by atoms with E-state index in [1.807, 2.05) is 0 Å². The van der Waals surface area contributed by atoms with Gasteiger partial charge < -0.3 is 4.74 Å². The van der Waals surface area contributed by atoms with Crippen molar-refractivity contribution in [3.63, 3.8) is 0 Å². The van der Waals surface area contributed by atoms with Crippen molar-refractivity contribution in [2.24, 2.45) is 7.05 Å². The second-order valence-corrected chi connectivity index (χ2v) is 3.22. The van der Waals surface area contributed by atoms with E-state index < -0.39 is 0 Å². The van der Waals surface area contributed by atoms with Crippen molar-refractivity contribution in [2.45, 2.75) is 0 Å². The molecule has 2 aromatic rings. The van der Waals surface area contributed by atoms with Crippen LogP contribution in [-0.4, -0.2) is 16.9 Å². The SMILES string of the molecule is COc1ccc2c(=O)[nH]n(C)c(=O)c2c1. The molecule has 0 aliphatic heterocycles. The molecule has 0 bridgehead atoms. The molecular weight excluding hydrogens is 196 g/mol. The third-order valence-corrected chi connectivity index (χ3v) is 2.28. The average molecular weight is 206 g/mol. The molecule has 0 fully saturated rings. The van der Waals surface area contributed by atoms with Crippen LogP contribution in [0.15, 0.2) is 27.8 Å². The number of H-pyrrole nitrogens is 1. The van der Waals surface area contributed by atoms with E-state index in [0.717, 1.165) is 4.68 Å². The van der Waals surface area contributed by atoms with E-state index in [4.69, 9.17) is 4.74 Å². The van der Waals surface area contributed by atoms with Gasteiger partial charge in [-0.05, 0) is 18.2 Å². The Kier molecular flexibility index (Phi) is 2.07. The summed E-state index contributed by atoms with van der Waals surface area (Å²) in [4.78, 5) is 23.2. The number of methoxy groups -OCH3 is 1. The zero-order valence-electron chi connectivity index (χ0n) is 8.40. The highest BCUT2D eigenvalue weighted by atomic mass is 16.5. The maximum Gasteiger partial charge on any atom is 0.272 e. The number of ether oxygens (including phenoxy) is 1. The zero-order valence-corrected chi connectivity index (χ0v) is 8.40. The molecule has 0 saturated heterocycles. The highest BCUT2D eigenvalue weighted by Gasteiger charge is 2.05. The van der Waals surface area contributed by atoms with Gasteiger partial charge >= 0.3 is 0 Å². The van der Waals surface area contributed by atoms with Gasteiger partial charge in [-0.1, -0.05) is 0 Å². The predicted molar refractivity (Wildman–Crippen MR) is 56.4 cm³/mol. The third kappa shape index (κ3) is 1.41. The van der Waals surface area contributed by atoms with Crippen LogP contribution in [0, 0.1) is 0 Å². The van der Waals surface area contributed by atoms with Crippen molar-refractivity contribution >= 4 is 10.8 Å². The Bertz CT molecular complexity index is 625. The number of nitrogens with one attached hydrogen (secondary N) is 1. The second kappa shape index (κ2) is 3.27. The molecule has 0 atom stereocenters. The molecule has 0 aliphatic carbocycles. The highest BCUT2D eigenvalue weighted by Crippen LogP contribution is 2.14. The summed E-state index contributed by atoms with van der Waals surface area (Å²) in [7, 11) is 3.02. The van der Waals surface area contributed by atoms with Crippen LogP contribution in [0.1, 0.15) is 0 Å². The Morgan fingerprint density at radius 2 is 2.00 bits per heavy atom. The minimum absolute atomic E-state index is 0.247. The molecule has 0 radical (unpaired) electrons. The van der Waals surface area contributed by atoms with Crippen molar-refractivity contribution in [3.8, 4) is 5.75 Å².